The monoisotopic (exact) mass is 327 g/mol. The number of nitrogens with two attached hydrogens (primary N) is 1. The minimum atomic E-state index is -3.06. The molecule has 1 aromatic heterocycles. The summed E-state index contributed by atoms with van der Waals surface area (Å²) in [5.41, 5.74) is 6.94. The van der Waals surface area contributed by atoms with E-state index in [2.05, 4.69) is 15.5 Å². The van der Waals surface area contributed by atoms with Crippen molar-refractivity contribution in [1.82, 2.24) is 20.2 Å². The summed E-state index contributed by atoms with van der Waals surface area (Å²) in [7, 11) is -3.06. The van der Waals surface area contributed by atoms with Gasteiger partial charge in [0.15, 0.2) is 15.7 Å². The molecule has 1 aliphatic rings. The van der Waals surface area contributed by atoms with Crippen molar-refractivity contribution in [1.29, 1.82) is 0 Å². The van der Waals surface area contributed by atoms with Crippen molar-refractivity contribution in [2.45, 2.75) is 18.9 Å². The number of tetrazole rings is 1. The van der Waals surface area contributed by atoms with Gasteiger partial charge < -0.3 is 5.73 Å². The Morgan fingerprint density at radius 1 is 1.38 bits per heavy atom. The van der Waals surface area contributed by atoms with Gasteiger partial charge in [0, 0.05) is 5.69 Å². The normalized spacial score (nSPS) is 21.3. The lowest BCUT2D eigenvalue weighted by atomic mass is 10.1. The Labute approximate surface area is 127 Å². The first-order valence-corrected chi connectivity index (χ1v) is 8.70. The average molecular weight is 328 g/mol. The standard InChI is InChI=1S/C12H14ClN5O2S/c13-9-4-1-5-10(14)11(9)12-15-16-17-18(12)8-3-2-6-21(19,20)7-8/h1,4-5,8H,2-3,6-7,14H2. The number of benzene rings is 1. The number of anilines is 1. The van der Waals surface area contributed by atoms with Gasteiger partial charge >= 0.3 is 0 Å². The molecule has 7 nitrogen and oxygen atoms in total. The Morgan fingerprint density at radius 3 is 2.90 bits per heavy atom. The van der Waals surface area contributed by atoms with Crippen LogP contribution in [0.4, 0.5) is 5.69 Å². The Hall–Kier alpha value is -1.67. The van der Waals surface area contributed by atoms with E-state index in [0.717, 1.165) is 0 Å². The first kappa shape index (κ1) is 14.3. The summed E-state index contributed by atoms with van der Waals surface area (Å²) in [5.74, 6) is 0.658. The zero-order valence-electron chi connectivity index (χ0n) is 11.1. The maximum Gasteiger partial charge on any atom is 0.185 e. The van der Waals surface area contributed by atoms with Gasteiger partial charge in [-0.05, 0) is 35.4 Å². The number of rotatable bonds is 2. The van der Waals surface area contributed by atoms with Gasteiger partial charge in [-0.2, -0.15) is 0 Å². The largest absolute Gasteiger partial charge is 0.398 e. The predicted octanol–water partition coefficient (Wildman–Crippen LogP) is 1.33. The van der Waals surface area contributed by atoms with E-state index >= 15 is 0 Å². The molecule has 0 radical (unpaired) electrons. The maximum atomic E-state index is 11.8. The molecule has 112 valence electrons. The van der Waals surface area contributed by atoms with Crippen LogP contribution in [0, 0.1) is 0 Å². The summed E-state index contributed by atoms with van der Waals surface area (Å²) in [6.07, 6.45) is 1.31. The average Bonchev–Trinajstić information content (AvgIpc) is 2.86. The van der Waals surface area contributed by atoms with Crippen LogP contribution in [0.5, 0.6) is 0 Å². The minimum Gasteiger partial charge on any atom is -0.398 e. The summed E-state index contributed by atoms with van der Waals surface area (Å²) in [6.45, 7) is 0. The van der Waals surface area contributed by atoms with Crippen LogP contribution in [0.15, 0.2) is 18.2 Å². The Morgan fingerprint density at radius 2 is 2.19 bits per heavy atom. The summed E-state index contributed by atoms with van der Waals surface area (Å²) in [4.78, 5) is 0. The van der Waals surface area contributed by atoms with Crippen LogP contribution in [0.2, 0.25) is 5.02 Å². The van der Waals surface area contributed by atoms with Gasteiger partial charge in [0.25, 0.3) is 0 Å². The van der Waals surface area contributed by atoms with Crippen LogP contribution in [0.25, 0.3) is 11.4 Å². The zero-order chi connectivity index (χ0) is 15.0. The van der Waals surface area contributed by atoms with Crippen molar-refractivity contribution in [3.8, 4) is 11.4 Å². The zero-order valence-corrected chi connectivity index (χ0v) is 12.7. The molecule has 0 bridgehead atoms. The molecular weight excluding hydrogens is 314 g/mol. The molecule has 0 saturated carbocycles. The van der Waals surface area contributed by atoms with E-state index in [1.54, 1.807) is 18.2 Å². The third-order valence-electron chi connectivity index (χ3n) is 3.55. The number of nitrogens with zero attached hydrogens (tertiary/aromatic N) is 4. The SMILES string of the molecule is Nc1cccc(Cl)c1-c1nnnn1C1CCCS(=O)(=O)C1. The number of halogens is 1. The molecule has 21 heavy (non-hydrogen) atoms. The Balaban J connectivity index is 2.06. The lowest BCUT2D eigenvalue weighted by molar-refractivity contribution is 0.429. The maximum absolute atomic E-state index is 11.8. The van der Waals surface area contributed by atoms with E-state index in [1.807, 2.05) is 0 Å². The van der Waals surface area contributed by atoms with E-state index in [-0.39, 0.29) is 17.5 Å². The van der Waals surface area contributed by atoms with Gasteiger partial charge in [-0.25, -0.2) is 13.1 Å². The van der Waals surface area contributed by atoms with Gasteiger partial charge in [-0.15, -0.1) is 5.10 Å². The first-order valence-electron chi connectivity index (χ1n) is 6.50. The molecule has 1 unspecified atom stereocenters. The van der Waals surface area contributed by atoms with E-state index in [1.165, 1.54) is 4.68 Å². The van der Waals surface area contributed by atoms with Gasteiger partial charge in [0.1, 0.15) is 0 Å². The molecule has 1 fully saturated rings. The van der Waals surface area contributed by atoms with Crippen molar-refractivity contribution in [3.05, 3.63) is 23.2 Å². The lowest BCUT2D eigenvalue weighted by Crippen LogP contribution is -2.28. The number of aromatic nitrogens is 4. The molecule has 1 saturated heterocycles. The highest BCUT2D eigenvalue weighted by Crippen LogP contribution is 2.34. The predicted molar refractivity (Wildman–Crippen MR) is 79.6 cm³/mol. The van der Waals surface area contributed by atoms with E-state index < -0.39 is 9.84 Å². The second-order valence-electron chi connectivity index (χ2n) is 5.06. The van der Waals surface area contributed by atoms with E-state index in [9.17, 15) is 8.42 Å². The van der Waals surface area contributed by atoms with Crippen LogP contribution in [0.3, 0.4) is 0 Å². The number of nitrogen functional groups attached to an aromatic ring is 1. The molecule has 9 heteroatoms. The summed E-state index contributed by atoms with van der Waals surface area (Å²) in [5, 5.41) is 12.0. The van der Waals surface area contributed by atoms with Gasteiger partial charge in [0.2, 0.25) is 0 Å². The molecule has 3 rings (SSSR count). The van der Waals surface area contributed by atoms with Crippen LogP contribution >= 0.6 is 11.6 Å². The third-order valence-corrected chi connectivity index (χ3v) is 5.67. The second kappa shape index (κ2) is 5.27. The highest BCUT2D eigenvalue weighted by molar-refractivity contribution is 7.91. The molecule has 1 atom stereocenters. The fraction of sp³-hybridized carbons (Fsp3) is 0.417. The highest BCUT2D eigenvalue weighted by atomic mass is 35.5. The minimum absolute atomic E-state index is 0.0371. The molecule has 2 aromatic rings. The highest BCUT2D eigenvalue weighted by Gasteiger charge is 2.29. The smallest absolute Gasteiger partial charge is 0.185 e. The number of hydrogen-bond acceptors (Lipinski definition) is 6. The van der Waals surface area contributed by atoms with Crippen LogP contribution in [0.1, 0.15) is 18.9 Å². The molecule has 1 aliphatic heterocycles. The van der Waals surface area contributed by atoms with Crippen molar-refractivity contribution in [3.63, 3.8) is 0 Å². The first-order chi connectivity index (χ1) is 9.98. The molecular formula is C12H14ClN5O2S. The number of hydrogen-bond donors (Lipinski definition) is 1. The molecule has 0 amide bonds. The van der Waals surface area contributed by atoms with Gasteiger partial charge in [0.05, 0.1) is 28.1 Å². The molecule has 0 spiro atoms. The fourth-order valence-corrected chi connectivity index (χ4v) is 4.51. The summed E-state index contributed by atoms with van der Waals surface area (Å²) < 4.78 is 25.1. The van der Waals surface area contributed by atoms with E-state index in [0.29, 0.717) is 34.9 Å². The topological polar surface area (TPSA) is 104 Å². The van der Waals surface area contributed by atoms with Gasteiger partial charge in [-0.3, -0.25) is 0 Å². The molecule has 0 aliphatic carbocycles. The Bertz CT molecular complexity index is 753. The van der Waals surface area contributed by atoms with Crippen LogP contribution in [-0.4, -0.2) is 40.1 Å². The van der Waals surface area contributed by atoms with Crippen LogP contribution < -0.4 is 5.73 Å². The summed E-state index contributed by atoms with van der Waals surface area (Å²) >= 11 is 6.18. The number of sulfone groups is 1. The second-order valence-corrected chi connectivity index (χ2v) is 7.70. The molecule has 2 heterocycles. The summed E-state index contributed by atoms with van der Waals surface area (Å²) in [6, 6.07) is 4.85. The van der Waals surface area contributed by atoms with Crippen molar-refractivity contribution < 1.29 is 8.42 Å². The van der Waals surface area contributed by atoms with Crippen molar-refractivity contribution >= 4 is 27.1 Å². The fourth-order valence-electron chi connectivity index (χ4n) is 2.57. The third kappa shape index (κ3) is 2.73. The van der Waals surface area contributed by atoms with Crippen molar-refractivity contribution in [2.24, 2.45) is 0 Å². The van der Waals surface area contributed by atoms with E-state index in [4.69, 9.17) is 17.3 Å². The molecule has 2 N–H and O–H groups in total. The Kier molecular flexibility index (Phi) is 3.58. The van der Waals surface area contributed by atoms with Crippen LogP contribution in [-0.2, 0) is 9.84 Å². The van der Waals surface area contributed by atoms with Crippen molar-refractivity contribution in [2.75, 3.05) is 17.2 Å². The molecule has 1 aromatic carbocycles. The van der Waals surface area contributed by atoms with Gasteiger partial charge in [-0.1, -0.05) is 17.7 Å². The lowest BCUT2D eigenvalue weighted by Gasteiger charge is -2.23. The quantitative estimate of drug-likeness (QED) is 0.834.